The predicted octanol–water partition coefficient (Wildman–Crippen LogP) is 5.20. The maximum atomic E-state index is 13.7. The number of rotatable bonds is 7. The molecule has 3 aromatic rings. The monoisotopic (exact) mass is 426 g/mol. The predicted molar refractivity (Wildman–Crippen MR) is 128 cm³/mol. The second-order valence-electron chi connectivity index (χ2n) is 7.55. The summed E-state index contributed by atoms with van der Waals surface area (Å²) in [4.78, 5) is 30.6. The molecule has 0 fully saturated rings. The number of likely N-dealkylation sites (N-methyl/N-ethyl adjacent to an activating group) is 1. The summed E-state index contributed by atoms with van der Waals surface area (Å²) in [6, 6.07) is 24.4. The Hall–Kier alpha value is -3.86. The minimum atomic E-state index is -0.325. The van der Waals surface area contributed by atoms with Crippen LogP contribution in [0.15, 0.2) is 84.6 Å². The van der Waals surface area contributed by atoms with Crippen LogP contribution in [0.1, 0.15) is 25.0 Å². The first-order chi connectivity index (χ1) is 15.5. The van der Waals surface area contributed by atoms with Crippen LogP contribution in [0, 0.1) is 6.92 Å². The molecular formula is C27H26N2O3. The first kappa shape index (κ1) is 21.4. The number of anilines is 2. The molecule has 1 heterocycles. The summed E-state index contributed by atoms with van der Waals surface area (Å²) in [7, 11) is 0. The fourth-order valence-electron chi connectivity index (χ4n) is 3.99. The molecule has 0 spiro atoms. The van der Waals surface area contributed by atoms with Crippen molar-refractivity contribution in [2.75, 3.05) is 23.0 Å². The number of amides is 2. The average molecular weight is 427 g/mol. The maximum absolute atomic E-state index is 13.7. The van der Waals surface area contributed by atoms with Crippen LogP contribution in [-0.2, 0) is 9.59 Å². The lowest BCUT2D eigenvalue weighted by molar-refractivity contribution is -0.120. The zero-order valence-electron chi connectivity index (χ0n) is 18.5. The van der Waals surface area contributed by atoms with Crippen LogP contribution in [0.4, 0.5) is 11.4 Å². The van der Waals surface area contributed by atoms with Crippen molar-refractivity contribution in [1.82, 2.24) is 0 Å². The number of carbonyl (C=O) groups is 2. The standard InChI is InChI=1S/C27H26N2O3/c1-4-28(21-11-7-6-8-12-21)25-24(20-14-16-23(17-15-20)32-5-2)26(30)29(27(25)31)22-13-9-10-19(3)18-22/h6-18H,4-5H2,1-3H3. The van der Waals surface area contributed by atoms with Crippen molar-refractivity contribution in [3.8, 4) is 5.75 Å². The molecule has 1 aliphatic rings. The van der Waals surface area contributed by atoms with E-state index in [1.165, 1.54) is 4.90 Å². The Bertz CT molecular complexity index is 1170. The second-order valence-corrected chi connectivity index (χ2v) is 7.55. The summed E-state index contributed by atoms with van der Waals surface area (Å²) in [6.45, 7) is 6.94. The molecule has 0 saturated heterocycles. The van der Waals surface area contributed by atoms with Gasteiger partial charge in [-0.2, -0.15) is 0 Å². The number of hydrogen-bond acceptors (Lipinski definition) is 4. The highest BCUT2D eigenvalue weighted by Crippen LogP contribution is 2.37. The molecule has 3 aromatic carbocycles. The van der Waals surface area contributed by atoms with Crippen molar-refractivity contribution in [3.63, 3.8) is 0 Å². The molecule has 2 amide bonds. The van der Waals surface area contributed by atoms with E-state index in [0.717, 1.165) is 17.0 Å². The Morgan fingerprint density at radius 3 is 2.19 bits per heavy atom. The highest BCUT2D eigenvalue weighted by atomic mass is 16.5. The average Bonchev–Trinajstić information content (AvgIpc) is 3.06. The molecule has 4 rings (SSSR count). The van der Waals surface area contributed by atoms with Crippen molar-refractivity contribution in [1.29, 1.82) is 0 Å². The third-order valence-electron chi connectivity index (χ3n) is 5.43. The molecule has 0 aliphatic carbocycles. The lowest BCUT2D eigenvalue weighted by Crippen LogP contribution is -2.35. The van der Waals surface area contributed by atoms with Gasteiger partial charge in [0.1, 0.15) is 11.4 Å². The van der Waals surface area contributed by atoms with Gasteiger partial charge in [0.2, 0.25) is 0 Å². The van der Waals surface area contributed by atoms with Crippen molar-refractivity contribution in [2.24, 2.45) is 0 Å². The minimum Gasteiger partial charge on any atom is -0.494 e. The lowest BCUT2D eigenvalue weighted by atomic mass is 10.0. The van der Waals surface area contributed by atoms with E-state index >= 15 is 0 Å². The zero-order chi connectivity index (χ0) is 22.7. The summed E-state index contributed by atoms with van der Waals surface area (Å²) < 4.78 is 5.55. The van der Waals surface area contributed by atoms with Crippen LogP contribution in [0.2, 0.25) is 0 Å². The highest BCUT2D eigenvalue weighted by Gasteiger charge is 2.42. The van der Waals surface area contributed by atoms with E-state index in [-0.39, 0.29) is 11.8 Å². The summed E-state index contributed by atoms with van der Waals surface area (Å²) in [5.74, 6) is 0.0745. The fourth-order valence-corrected chi connectivity index (χ4v) is 3.99. The van der Waals surface area contributed by atoms with Crippen molar-refractivity contribution in [3.05, 3.63) is 95.7 Å². The van der Waals surface area contributed by atoms with Gasteiger partial charge < -0.3 is 9.64 Å². The fraction of sp³-hybridized carbons (Fsp3) is 0.185. The van der Waals surface area contributed by atoms with E-state index < -0.39 is 0 Å². The van der Waals surface area contributed by atoms with Gasteiger partial charge in [0.25, 0.3) is 11.8 Å². The van der Waals surface area contributed by atoms with Gasteiger partial charge in [0, 0.05) is 12.2 Å². The van der Waals surface area contributed by atoms with Crippen molar-refractivity contribution < 1.29 is 14.3 Å². The van der Waals surface area contributed by atoms with E-state index in [0.29, 0.717) is 35.7 Å². The van der Waals surface area contributed by atoms with E-state index in [9.17, 15) is 9.59 Å². The number of carbonyl (C=O) groups excluding carboxylic acids is 2. The van der Waals surface area contributed by atoms with Crippen molar-refractivity contribution >= 4 is 28.8 Å². The molecule has 0 unspecified atom stereocenters. The molecule has 0 saturated carbocycles. The summed E-state index contributed by atoms with van der Waals surface area (Å²) in [6.07, 6.45) is 0. The molecule has 0 aromatic heterocycles. The quantitative estimate of drug-likeness (QED) is 0.487. The van der Waals surface area contributed by atoms with E-state index in [2.05, 4.69) is 0 Å². The smallest absolute Gasteiger partial charge is 0.282 e. The first-order valence-corrected chi connectivity index (χ1v) is 10.8. The van der Waals surface area contributed by atoms with Gasteiger partial charge in [-0.05, 0) is 68.3 Å². The Labute approximate surface area is 188 Å². The third-order valence-corrected chi connectivity index (χ3v) is 5.43. The van der Waals surface area contributed by atoms with Gasteiger partial charge in [-0.15, -0.1) is 0 Å². The Morgan fingerprint density at radius 2 is 1.56 bits per heavy atom. The number of aryl methyl sites for hydroxylation is 1. The topological polar surface area (TPSA) is 49.9 Å². The second kappa shape index (κ2) is 9.10. The molecule has 0 radical (unpaired) electrons. The summed E-state index contributed by atoms with van der Waals surface area (Å²) in [5.41, 5.74) is 3.88. The van der Waals surface area contributed by atoms with E-state index in [1.807, 2.05) is 98.5 Å². The lowest BCUT2D eigenvalue weighted by Gasteiger charge is -2.25. The number of nitrogens with zero attached hydrogens (tertiary/aromatic N) is 2. The molecule has 5 nitrogen and oxygen atoms in total. The van der Waals surface area contributed by atoms with Crippen LogP contribution in [0.3, 0.4) is 0 Å². The van der Waals surface area contributed by atoms with Gasteiger partial charge in [-0.1, -0.05) is 42.5 Å². The summed E-state index contributed by atoms with van der Waals surface area (Å²) >= 11 is 0. The maximum Gasteiger partial charge on any atom is 0.282 e. The van der Waals surface area contributed by atoms with Gasteiger partial charge in [-0.3, -0.25) is 9.59 Å². The zero-order valence-corrected chi connectivity index (χ0v) is 18.5. The number of hydrogen-bond donors (Lipinski definition) is 0. The molecule has 1 aliphatic heterocycles. The highest BCUT2D eigenvalue weighted by molar-refractivity contribution is 6.46. The molecule has 0 N–H and O–H groups in total. The first-order valence-electron chi connectivity index (χ1n) is 10.8. The van der Waals surface area contributed by atoms with Gasteiger partial charge >= 0.3 is 0 Å². The normalized spacial score (nSPS) is 13.7. The Morgan fingerprint density at radius 1 is 0.844 bits per heavy atom. The molecule has 0 atom stereocenters. The molecular weight excluding hydrogens is 400 g/mol. The van der Waals surface area contributed by atoms with Gasteiger partial charge in [0.15, 0.2) is 0 Å². The molecule has 32 heavy (non-hydrogen) atoms. The number of ether oxygens (including phenoxy) is 1. The molecule has 162 valence electrons. The van der Waals surface area contributed by atoms with Crippen LogP contribution in [0.5, 0.6) is 5.75 Å². The van der Waals surface area contributed by atoms with E-state index in [4.69, 9.17) is 4.74 Å². The number of imide groups is 1. The third kappa shape index (κ3) is 3.89. The van der Waals surface area contributed by atoms with Crippen LogP contribution in [0.25, 0.3) is 5.57 Å². The van der Waals surface area contributed by atoms with Gasteiger partial charge in [-0.25, -0.2) is 4.90 Å². The largest absolute Gasteiger partial charge is 0.494 e. The number of para-hydroxylation sites is 1. The van der Waals surface area contributed by atoms with Gasteiger partial charge in [0.05, 0.1) is 17.9 Å². The SMILES string of the molecule is CCOc1ccc(C2=C(N(CC)c3ccccc3)C(=O)N(c3cccc(C)c3)C2=O)cc1. The summed E-state index contributed by atoms with van der Waals surface area (Å²) in [5, 5.41) is 0. The minimum absolute atomic E-state index is 0.324. The van der Waals surface area contributed by atoms with Crippen molar-refractivity contribution in [2.45, 2.75) is 20.8 Å². The molecule has 0 bridgehead atoms. The van der Waals surface area contributed by atoms with Crippen LogP contribution >= 0.6 is 0 Å². The van der Waals surface area contributed by atoms with Crippen LogP contribution < -0.4 is 14.5 Å². The Balaban J connectivity index is 1.87. The Kier molecular flexibility index (Phi) is 6.08. The van der Waals surface area contributed by atoms with Crippen LogP contribution in [-0.4, -0.2) is 25.0 Å². The number of benzene rings is 3. The molecule has 5 heteroatoms. The van der Waals surface area contributed by atoms with E-state index in [1.54, 1.807) is 6.07 Å².